The Bertz CT molecular complexity index is 322. The number of rotatable bonds is 6. The predicted octanol–water partition coefficient (Wildman–Crippen LogP) is 4.28. The second-order valence-corrected chi connectivity index (χ2v) is 5.67. The van der Waals surface area contributed by atoms with Crippen LogP contribution >= 0.6 is 0 Å². The highest BCUT2D eigenvalue weighted by molar-refractivity contribution is 5.26. The number of aryl methyl sites for hydroxylation is 1. The maximum absolute atomic E-state index is 10.4. The normalized spacial score (nSPS) is 14.9. The minimum atomic E-state index is -0.697. The molecule has 1 heteroatoms. The molecule has 96 valence electrons. The van der Waals surface area contributed by atoms with E-state index in [4.69, 9.17) is 0 Å². The van der Waals surface area contributed by atoms with Crippen molar-refractivity contribution < 1.29 is 5.11 Å². The molecule has 1 aromatic rings. The van der Waals surface area contributed by atoms with Crippen LogP contribution in [0.25, 0.3) is 0 Å². The molecule has 0 saturated heterocycles. The van der Waals surface area contributed by atoms with Crippen molar-refractivity contribution in [3.8, 4) is 0 Å². The number of hydrogen-bond donors (Lipinski definition) is 1. The van der Waals surface area contributed by atoms with E-state index in [1.54, 1.807) is 0 Å². The molecule has 0 saturated carbocycles. The minimum absolute atomic E-state index is 0.504. The van der Waals surface area contributed by atoms with E-state index < -0.39 is 5.60 Å². The lowest BCUT2D eigenvalue weighted by molar-refractivity contribution is 0.0348. The zero-order valence-corrected chi connectivity index (χ0v) is 11.7. The summed E-state index contributed by atoms with van der Waals surface area (Å²) in [5.41, 5.74) is 1.71. The molecule has 0 radical (unpaired) electrons. The van der Waals surface area contributed by atoms with Gasteiger partial charge in [0.25, 0.3) is 0 Å². The van der Waals surface area contributed by atoms with Gasteiger partial charge in [-0.1, -0.05) is 51.5 Å². The summed E-state index contributed by atoms with van der Waals surface area (Å²) >= 11 is 0. The van der Waals surface area contributed by atoms with Crippen LogP contribution in [0.1, 0.15) is 58.1 Å². The van der Waals surface area contributed by atoms with Gasteiger partial charge in [0.05, 0.1) is 5.60 Å². The monoisotopic (exact) mass is 234 g/mol. The molecular formula is C16H26O. The Morgan fingerprint density at radius 1 is 1.18 bits per heavy atom. The molecule has 0 aromatic heterocycles. The number of aliphatic hydroxyl groups is 1. The summed E-state index contributed by atoms with van der Waals surface area (Å²) in [5, 5.41) is 10.4. The first-order valence-corrected chi connectivity index (χ1v) is 6.77. The van der Waals surface area contributed by atoms with Crippen molar-refractivity contribution in [2.75, 3.05) is 0 Å². The lowest BCUT2D eigenvalue weighted by Gasteiger charge is -2.26. The molecular weight excluding hydrogens is 208 g/mol. The molecule has 0 aliphatic rings. The minimum Gasteiger partial charge on any atom is -0.385 e. The summed E-state index contributed by atoms with van der Waals surface area (Å²) in [4.78, 5) is 0. The van der Waals surface area contributed by atoms with Crippen LogP contribution in [-0.4, -0.2) is 5.11 Å². The zero-order chi connectivity index (χ0) is 12.9. The fourth-order valence-corrected chi connectivity index (χ4v) is 2.32. The Morgan fingerprint density at radius 3 is 2.24 bits per heavy atom. The average Bonchev–Trinajstić information content (AvgIpc) is 2.25. The zero-order valence-electron chi connectivity index (χ0n) is 11.7. The van der Waals surface area contributed by atoms with Gasteiger partial charge in [0.1, 0.15) is 0 Å². The fraction of sp³-hybridized carbons (Fsp3) is 0.625. The molecule has 1 atom stereocenters. The summed E-state index contributed by atoms with van der Waals surface area (Å²) in [7, 11) is 0. The second kappa shape index (κ2) is 6.20. The lowest BCUT2D eigenvalue weighted by Crippen LogP contribution is -2.23. The number of benzene rings is 1. The molecule has 1 N–H and O–H groups in total. The van der Waals surface area contributed by atoms with Crippen molar-refractivity contribution in [3.05, 3.63) is 35.4 Å². The molecule has 0 heterocycles. The molecule has 0 fully saturated rings. The Morgan fingerprint density at radius 2 is 1.76 bits per heavy atom. The summed E-state index contributed by atoms with van der Waals surface area (Å²) < 4.78 is 0. The average molecular weight is 234 g/mol. The highest BCUT2D eigenvalue weighted by Gasteiger charge is 2.23. The fourth-order valence-electron chi connectivity index (χ4n) is 2.32. The van der Waals surface area contributed by atoms with E-state index in [9.17, 15) is 5.11 Å². The van der Waals surface area contributed by atoms with Gasteiger partial charge >= 0.3 is 0 Å². The molecule has 1 aromatic carbocycles. The summed E-state index contributed by atoms with van der Waals surface area (Å²) in [5.74, 6) is 0.504. The van der Waals surface area contributed by atoms with E-state index in [0.717, 1.165) is 18.4 Å². The van der Waals surface area contributed by atoms with Crippen LogP contribution in [0.3, 0.4) is 0 Å². The van der Waals surface area contributed by atoms with Crippen LogP contribution in [0, 0.1) is 5.92 Å². The van der Waals surface area contributed by atoms with E-state index in [1.165, 1.54) is 18.4 Å². The quantitative estimate of drug-likeness (QED) is 0.778. The van der Waals surface area contributed by atoms with Gasteiger partial charge in [-0.3, -0.25) is 0 Å². The van der Waals surface area contributed by atoms with Crippen LogP contribution in [0.5, 0.6) is 0 Å². The SMILES string of the molecule is CCCCc1ccc(C(C)(O)CC(C)C)cc1. The maximum atomic E-state index is 10.4. The van der Waals surface area contributed by atoms with Crippen molar-refractivity contribution in [3.63, 3.8) is 0 Å². The van der Waals surface area contributed by atoms with Crippen LogP contribution in [0.4, 0.5) is 0 Å². The third kappa shape index (κ3) is 4.51. The van der Waals surface area contributed by atoms with Crippen LogP contribution in [-0.2, 0) is 12.0 Å². The molecule has 0 aliphatic carbocycles. The van der Waals surface area contributed by atoms with Gasteiger partial charge in [0, 0.05) is 0 Å². The van der Waals surface area contributed by atoms with E-state index in [1.807, 2.05) is 6.92 Å². The third-order valence-corrected chi connectivity index (χ3v) is 3.20. The Hall–Kier alpha value is -0.820. The Labute approximate surface area is 106 Å². The van der Waals surface area contributed by atoms with Crippen molar-refractivity contribution in [2.45, 2.75) is 59.0 Å². The topological polar surface area (TPSA) is 20.2 Å². The van der Waals surface area contributed by atoms with E-state index in [2.05, 4.69) is 45.0 Å². The predicted molar refractivity (Wildman–Crippen MR) is 74.1 cm³/mol. The van der Waals surface area contributed by atoms with Crippen LogP contribution in [0.2, 0.25) is 0 Å². The van der Waals surface area contributed by atoms with Crippen molar-refractivity contribution >= 4 is 0 Å². The highest BCUT2D eigenvalue weighted by Crippen LogP contribution is 2.28. The van der Waals surface area contributed by atoms with Gasteiger partial charge in [0.15, 0.2) is 0 Å². The van der Waals surface area contributed by atoms with E-state index >= 15 is 0 Å². The number of hydrogen-bond acceptors (Lipinski definition) is 1. The van der Waals surface area contributed by atoms with Crippen molar-refractivity contribution in [2.24, 2.45) is 5.92 Å². The summed E-state index contributed by atoms with van der Waals surface area (Å²) in [6, 6.07) is 8.46. The second-order valence-electron chi connectivity index (χ2n) is 5.67. The van der Waals surface area contributed by atoms with Gasteiger partial charge in [-0.15, -0.1) is 0 Å². The standard InChI is InChI=1S/C16H26O/c1-5-6-7-14-8-10-15(11-9-14)16(4,17)12-13(2)3/h8-11,13,17H,5-7,12H2,1-4H3. The molecule has 0 bridgehead atoms. The van der Waals surface area contributed by atoms with E-state index in [-0.39, 0.29) is 0 Å². The molecule has 1 rings (SSSR count). The van der Waals surface area contributed by atoms with Crippen LogP contribution in [0.15, 0.2) is 24.3 Å². The first kappa shape index (κ1) is 14.2. The molecule has 0 spiro atoms. The summed E-state index contributed by atoms with van der Waals surface area (Å²) in [6.45, 7) is 8.41. The maximum Gasteiger partial charge on any atom is 0.0871 e. The first-order chi connectivity index (χ1) is 7.95. The number of unbranched alkanes of at least 4 members (excludes halogenated alkanes) is 1. The van der Waals surface area contributed by atoms with Crippen LogP contribution < -0.4 is 0 Å². The Kier molecular flexibility index (Phi) is 5.20. The molecule has 17 heavy (non-hydrogen) atoms. The molecule has 0 amide bonds. The summed E-state index contributed by atoms with van der Waals surface area (Å²) in [6.07, 6.45) is 4.42. The van der Waals surface area contributed by atoms with Gasteiger partial charge in [-0.25, -0.2) is 0 Å². The third-order valence-electron chi connectivity index (χ3n) is 3.20. The van der Waals surface area contributed by atoms with Gasteiger partial charge in [-0.2, -0.15) is 0 Å². The highest BCUT2D eigenvalue weighted by atomic mass is 16.3. The lowest BCUT2D eigenvalue weighted by atomic mass is 9.87. The van der Waals surface area contributed by atoms with Crippen molar-refractivity contribution in [1.29, 1.82) is 0 Å². The van der Waals surface area contributed by atoms with Gasteiger partial charge in [-0.05, 0) is 43.2 Å². The molecule has 1 nitrogen and oxygen atoms in total. The largest absolute Gasteiger partial charge is 0.385 e. The first-order valence-electron chi connectivity index (χ1n) is 6.77. The smallest absolute Gasteiger partial charge is 0.0871 e. The van der Waals surface area contributed by atoms with Gasteiger partial charge < -0.3 is 5.11 Å². The van der Waals surface area contributed by atoms with Crippen molar-refractivity contribution in [1.82, 2.24) is 0 Å². The molecule has 1 unspecified atom stereocenters. The Balaban J connectivity index is 2.72. The van der Waals surface area contributed by atoms with Gasteiger partial charge in [0.2, 0.25) is 0 Å². The molecule has 0 aliphatic heterocycles. The van der Waals surface area contributed by atoms with E-state index in [0.29, 0.717) is 5.92 Å².